The van der Waals surface area contributed by atoms with Crippen molar-refractivity contribution in [3.05, 3.63) is 132 Å². The summed E-state index contributed by atoms with van der Waals surface area (Å²) in [5, 5.41) is 14.6. The van der Waals surface area contributed by atoms with Crippen molar-refractivity contribution in [2.24, 2.45) is 5.92 Å². The molecule has 66 heavy (non-hydrogen) atoms. The molecular formula is C52H58F2N8O4. The fourth-order valence-electron chi connectivity index (χ4n) is 10.3. The Morgan fingerprint density at radius 2 is 1.36 bits per heavy atom. The molecule has 2 aliphatic heterocycles. The summed E-state index contributed by atoms with van der Waals surface area (Å²) < 4.78 is 37.8. The lowest BCUT2D eigenvalue weighted by Crippen LogP contribution is -2.51. The van der Waals surface area contributed by atoms with Crippen LogP contribution in [0.15, 0.2) is 103 Å². The third-order valence-corrected chi connectivity index (χ3v) is 13.9. The largest absolute Gasteiger partial charge is 0.453 e. The Bertz CT molecular complexity index is 2680. The summed E-state index contributed by atoms with van der Waals surface area (Å²) in [6.07, 6.45) is 5.33. The first-order valence-electron chi connectivity index (χ1n) is 23.2. The van der Waals surface area contributed by atoms with E-state index in [2.05, 4.69) is 56.0 Å². The monoisotopic (exact) mass is 896 g/mol. The maximum Gasteiger partial charge on any atom is 0.407 e. The second-order valence-corrected chi connectivity index (χ2v) is 18.0. The molecule has 0 spiro atoms. The summed E-state index contributed by atoms with van der Waals surface area (Å²) in [6.45, 7) is 10.9. The minimum atomic E-state index is -3.24. The number of hydrogen-bond acceptors (Lipinski definition) is 8. The molecule has 2 saturated heterocycles. The van der Waals surface area contributed by atoms with Crippen molar-refractivity contribution in [3.63, 3.8) is 0 Å². The van der Waals surface area contributed by atoms with Crippen LogP contribution in [0.1, 0.15) is 99.8 Å². The zero-order valence-corrected chi connectivity index (χ0v) is 38.1. The van der Waals surface area contributed by atoms with Crippen LogP contribution in [-0.4, -0.2) is 97.3 Å². The number of halogens is 2. The van der Waals surface area contributed by atoms with Gasteiger partial charge >= 0.3 is 6.09 Å². The van der Waals surface area contributed by atoms with E-state index in [-0.39, 0.29) is 41.1 Å². The number of fused-ring (bicyclic) bond motifs is 3. The highest BCUT2D eigenvalue weighted by Crippen LogP contribution is 2.53. The molecule has 344 valence electrons. The molecule has 9 rings (SSSR count). The van der Waals surface area contributed by atoms with Crippen molar-refractivity contribution >= 4 is 12.0 Å². The van der Waals surface area contributed by atoms with Crippen LogP contribution < -0.4 is 5.32 Å². The lowest BCUT2D eigenvalue weighted by atomic mass is 9.97. The van der Waals surface area contributed by atoms with Gasteiger partial charge in [-0.1, -0.05) is 107 Å². The zero-order chi connectivity index (χ0) is 46.3. The first-order valence-corrected chi connectivity index (χ1v) is 23.2. The zero-order valence-electron chi connectivity index (χ0n) is 38.1. The van der Waals surface area contributed by atoms with Crippen molar-refractivity contribution in [2.75, 3.05) is 33.3 Å². The minimum absolute atomic E-state index is 0.0427. The predicted octanol–water partition coefficient (Wildman–Crippen LogP) is 9.84. The van der Waals surface area contributed by atoms with E-state index >= 15 is 8.78 Å². The van der Waals surface area contributed by atoms with E-state index in [9.17, 15) is 14.7 Å². The Balaban J connectivity index is 0.900. The topological polar surface area (TPSA) is 143 Å². The highest BCUT2D eigenvalue weighted by molar-refractivity contribution is 5.87. The van der Waals surface area contributed by atoms with Crippen LogP contribution in [0.25, 0.3) is 44.8 Å². The third-order valence-electron chi connectivity index (χ3n) is 13.9. The molecule has 6 aromatic rings. The highest BCUT2D eigenvalue weighted by Gasteiger charge is 2.45. The number of likely N-dealkylation sites (N-methyl/N-ethyl adjacent to an activating group) is 1. The number of H-pyrrole nitrogens is 2. The molecule has 2 aromatic heterocycles. The normalized spacial score (nSPS) is 19.2. The van der Waals surface area contributed by atoms with Gasteiger partial charge < -0.3 is 30.0 Å². The van der Waals surface area contributed by atoms with Gasteiger partial charge in [-0.3, -0.25) is 14.6 Å². The van der Waals surface area contributed by atoms with Crippen LogP contribution in [0.4, 0.5) is 13.6 Å². The third kappa shape index (κ3) is 8.30. The smallest absolute Gasteiger partial charge is 0.407 e. The number of carbonyl (C=O) groups is 2. The first-order chi connectivity index (χ1) is 31.9. The maximum atomic E-state index is 16.5. The van der Waals surface area contributed by atoms with E-state index in [1.807, 2.05) is 74.6 Å². The number of amides is 2. The molecule has 3 aliphatic rings. The number of nitrogens with one attached hydrogen (secondary N) is 3. The molecule has 0 bridgehead atoms. The number of nitrogens with zero attached hydrogens (tertiary/aromatic N) is 5. The van der Waals surface area contributed by atoms with E-state index in [0.29, 0.717) is 46.7 Å². The highest BCUT2D eigenvalue weighted by atomic mass is 19.3. The second kappa shape index (κ2) is 18.6. The molecule has 2 unspecified atom stereocenters. The van der Waals surface area contributed by atoms with Gasteiger partial charge in [0.25, 0.3) is 5.92 Å². The van der Waals surface area contributed by atoms with Crippen LogP contribution in [-0.2, 0) is 15.5 Å². The number of alkyl carbamates (subject to hydrolysis) is 1. The molecular weight excluding hydrogens is 839 g/mol. The Morgan fingerprint density at radius 1 is 0.803 bits per heavy atom. The van der Waals surface area contributed by atoms with E-state index < -0.39 is 24.3 Å². The standard InChI is InChI=1S/C52H58F2N8O4/c1-6-60(7-2)46(34-13-9-8-10-14-34)50(64)62-26-12-16-44(62)48-55-29-41(57-48)33-19-17-32(18-20-33)35-21-23-37-38-24-22-36(28-40(38)52(53,54)39(37)27-35)42-30-56-47(58-42)43-15-11-25-61(43)49(63)45(31(3)4)59-51(65)66-5/h8-10,13-14,17-24,27-31,43-46,50,64H,6-7,11-12,15-16,25-26H2,1-5H3,(H,55,57)(H,56,58)(H,59,65)/t43-,44-,45-,46?,50?/m0/s1. The maximum absolute atomic E-state index is 16.5. The molecule has 0 radical (unpaired) electrons. The average Bonchev–Trinajstić information content (AvgIpc) is 4.20. The van der Waals surface area contributed by atoms with Gasteiger partial charge in [-0.05, 0) is 90.2 Å². The molecule has 5 atom stereocenters. The molecule has 14 heteroatoms. The lowest BCUT2D eigenvalue weighted by molar-refractivity contribution is -0.135. The lowest BCUT2D eigenvalue weighted by Gasteiger charge is -2.39. The number of aliphatic hydroxyl groups excluding tert-OH is 1. The van der Waals surface area contributed by atoms with Crippen molar-refractivity contribution in [3.8, 4) is 44.8 Å². The number of ether oxygens (including phenoxy) is 1. The van der Waals surface area contributed by atoms with Gasteiger partial charge in [-0.2, -0.15) is 8.78 Å². The van der Waals surface area contributed by atoms with Crippen molar-refractivity contribution in [2.45, 2.75) is 89.7 Å². The summed E-state index contributed by atoms with van der Waals surface area (Å²) in [6, 6.07) is 27.1. The van der Waals surface area contributed by atoms with E-state index in [1.54, 1.807) is 29.3 Å². The van der Waals surface area contributed by atoms with E-state index in [0.717, 1.165) is 67.1 Å². The molecule has 1 aliphatic carbocycles. The van der Waals surface area contributed by atoms with Gasteiger partial charge in [-0.25, -0.2) is 14.8 Å². The van der Waals surface area contributed by atoms with Crippen LogP contribution >= 0.6 is 0 Å². The number of hydrogen-bond donors (Lipinski definition) is 4. The number of likely N-dealkylation sites (tertiary alicyclic amines) is 2. The molecule has 0 saturated carbocycles. The Labute approximate surface area is 384 Å². The summed E-state index contributed by atoms with van der Waals surface area (Å²) in [5.74, 6) is -2.26. The summed E-state index contributed by atoms with van der Waals surface area (Å²) in [7, 11) is 1.26. The van der Waals surface area contributed by atoms with E-state index in [4.69, 9.17) is 9.72 Å². The van der Waals surface area contributed by atoms with Gasteiger partial charge in [0.2, 0.25) is 5.91 Å². The van der Waals surface area contributed by atoms with Gasteiger partial charge in [0.1, 0.15) is 23.9 Å². The summed E-state index contributed by atoms with van der Waals surface area (Å²) in [4.78, 5) is 48.2. The second-order valence-electron chi connectivity index (χ2n) is 18.0. The van der Waals surface area contributed by atoms with Crippen LogP contribution in [0.3, 0.4) is 0 Å². The minimum Gasteiger partial charge on any atom is -0.453 e. The number of carbonyl (C=O) groups excluding carboxylic acids is 2. The van der Waals surface area contributed by atoms with Crippen molar-refractivity contribution in [1.82, 2.24) is 40.0 Å². The fourth-order valence-corrected chi connectivity index (χ4v) is 10.3. The Hall–Kier alpha value is -6.22. The predicted molar refractivity (Wildman–Crippen MR) is 250 cm³/mol. The molecule has 2 fully saturated rings. The quantitative estimate of drug-likeness (QED) is 0.0847. The van der Waals surface area contributed by atoms with Crippen molar-refractivity contribution in [1.29, 1.82) is 0 Å². The molecule has 4 aromatic carbocycles. The number of methoxy groups -OCH3 is 1. The number of benzene rings is 4. The fraction of sp³-hybridized carbons (Fsp3) is 0.385. The SMILES string of the molecule is CCN(CC)C(c1ccccc1)C(O)N1CCC[C@H]1c1ncc(-c2ccc(-c3ccc4c(c3)C(F)(F)c3cc(-c5cnc([C@@H]6CCCN6C(=O)[C@@H](NC(=O)OC)C(C)C)[nH]5)ccc3-4)cc2)[nH]1. The Morgan fingerprint density at radius 3 is 2.00 bits per heavy atom. The van der Waals surface area contributed by atoms with Crippen LogP contribution in [0, 0.1) is 5.92 Å². The Kier molecular flexibility index (Phi) is 12.7. The number of imidazole rings is 2. The van der Waals surface area contributed by atoms with Crippen molar-refractivity contribution < 1.29 is 28.2 Å². The molecule has 12 nitrogen and oxygen atoms in total. The summed E-state index contributed by atoms with van der Waals surface area (Å²) >= 11 is 0. The van der Waals surface area contributed by atoms with Gasteiger partial charge in [0, 0.05) is 29.8 Å². The van der Waals surface area contributed by atoms with Crippen LogP contribution in [0.2, 0.25) is 0 Å². The number of aliphatic hydroxyl groups is 1. The molecule has 2 amide bonds. The van der Waals surface area contributed by atoms with Gasteiger partial charge in [-0.15, -0.1) is 0 Å². The summed E-state index contributed by atoms with van der Waals surface area (Å²) in [5.41, 5.74) is 6.35. The number of aromatic amines is 2. The molecule has 4 heterocycles. The van der Waals surface area contributed by atoms with Crippen LogP contribution in [0.5, 0.6) is 0 Å². The van der Waals surface area contributed by atoms with Gasteiger partial charge in [0.15, 0.2) is 0 Å². The molecule has 4 N–H and O–H groups in total. The number of aromatic nitrogens is 4. The average molecular weight is 897 g/mol. The van der Waals surface area contributed by atoms with E-state index in [1.165, 1.54) is 13.2 Å². The number of alkyl halides is 2. The number of rotatable bonds is 14. The first kappa shape index (κ1) is 45.0. The van der Waals surface area contributed by atoms with Gasteiger partial charge in [0.05, 0.1) is 49.0 Å².